The van der Waals surface area contributed by atoms with Crippen molar-refractivity contribution in [3.8, 4) is 5.88 Å². The fraction of sp³-hybridized carbons (Fsp3) is 0.400. The Morgan fingerprint density at radius 2 is 2.31 bits per heavy atom. The van der Waals surface area contributed by atoms with E-state index in [1.54, 1.807) is 13.2 Å². The number of hydrogen-bond acceptors (Lipinski definition) is 2. The summed E-state index contributed by atoms with van der Waals surface area (Å²) >= 11 is 0. The molecule has 0 bridgehead atoms. The van der Waals surface area contributed by atoms with Gasteiger partial charge in [0.15, 0.2) is 0 Å². The van der Waals surface area contributed by atoms with Gasteiger partial charge < -0.3 is 9.58 Å². The Bertz CT molecular complexity index is 364. The van der Waals surface area contributed by atoms with Gasteiger partial charge in [0.1, 0.15) is 0 Å². The van der Waals surface area contributed by atoms with Gasteiger partial charge in [-0.25, -0.2) is 0 Å². The van der Waals surface area contributed by atoms with Crippen LogP contribution in [-0.2, 0) is 0 Å². The summed E-state index contributed by atoms with van der Waals surface area (Å²) in [6.07, 6.45) is 2.44. The normalized spacial score (nSPS) is 15.1. The number of ether oxygens (including phenoxy) is 1. The molecule has 1 heterocycles. The van der Waals surface area contributed by atoms with E-state index in [0.29, 0.717) is 17.6 Å². The zero-order valence-electron chi connectivity index (χ0n) is 7.45. The molecule has 0 aliphatic heterocycles. The molecule has 3 heteroatoms. The van der Waals surface area contributed by atoms with Crippen molar-refractivity contribution in [1.82, 2.24) is 4.98 Å². The van der Waals surface area contributed by atoms with E-state index in [1.165, 1.54) is 12.8 Å². The first-order valence-corrected chi connectivity index (χ1v) is 4.27. The maximum absolute atomic E-state index is 6.82. The summed E-state index contributed by atoms with van der Waals surface area (Å²) in [4.78, 5) is 7.35. The molecule has 1 aliphatic rings. The molecule has 0 aromatic carbocycles. The van der Waals surface area contributed by atoms with Crippen LogP contribution in [0.4, 0.5) is 5.82 Å². The van der Waals surface area contributed by atoms with E-state index >= 15 is 0 Å². The second-order valence-electron chi connectivity index (χ2n) is 3.15. The van der Waals surface area contributed by atoms with E-state index in [9.17, 15) is 0 Å². The highest BCUT2D eigenvalue weighted by molar-refractivity contribution is 5.44. The molecule has 1 saturated carbocycles. The molecule has 0 N–H and O–H groups in total. The summed E-state index contributed by atoms with van der Waals surface area (Å²) in [6.45, 7) is 6.82. The molecule has 1 aliphatic carbocycles. The molecule has 2 rings (SSSR count). The molecule has 0 amide bonds. The lowest BCUT2D eigenvalue weighted by molar-refractivity contribution is 0.393. The van der Waals surface area contributed by atoms with Crippen molar-refractivity contribution in [2.24, 2.45) is 0 Å². The highest BCUT2D eigenvalue weighted by Gasteiger charge is 2.28. The van der Waals surface area contributed by atoms with Gasteiger partial charge in [0.25, 0.3) is 5.82 Å². The zero-order chi connectivity index (χ0) is 9.26. The molecular formula is C10H10N2O. The van der Waals surface area contributed by atoms with Crippen molar-refractivity contribution >= 4 is 5.82 Å². The van der Waals surface area contributed by atoms with Crippen LogP contribution in [0.15, 0.2) is 12.1 Å². The van der Waals surface area contributed by atoms with Gasteiger partial charge >= 0.3 is 5.88 Å². The molecular weight excluding hydrogens is 164 g/mol. The molecule has 13 heavy (non-hydrogen) atoms. The monoisotopic (exact) mass is 174 g/mol. The molecule has 0 unspecified atom stereocenters. The second-order valence-corrected chi connectivity index (χ2v) is 3.15. The molecule has 0 atom stereocenters. The lowest BCUT2D eigenvalue weighted by Gasteiger charge is -2.01. The van der Waals surface area contributed by atoms with Crippen LogP contribution in [-0.4, -0.2) is 12.1 Å². The van der Waals surface area contributed by atoms with E-state index in [-0.39, 0.29) is 0 Å². The number of pyridine rings is 1. The third kappa shape index (κ3) is 1.48. The molecule has 0 spiro atoms. The number of hydrogen-bond donors (Lipinski definition) is 0. The molecule has 66 valence electrons. The Morgan fingerprint density at radius 1 is 1.54 bits per heavy atom. The van der Waals surface area contributed by atoms with Gasteiger partial charge in [-0.3, -0.25) is 0 Å². The van der Waals surface area contributed by atoms with Crippen molar-refractivity contribution in [3.63, 3.8) is 0 Å². The summed E-state index contributed by atoms with van der Waals surface area (Å²) in [6, 6.07) is 3.71. The summed E-state index contributed by atoms with van der Waals surface area (Å²) < 4.78 is 5.13. The number of nitrogens with zero attached hydrogens (tertiary/aromatic N) is 2. The summed E-state index contributed by atoms with van der Waals surface area (Å²) in [5.41, 5.74) is 1.15. The molecule has 1 aromatic heterocycles. The fourth-order valence-corrected chi connectivity index (χ4v) is 1.37. The van der Waals surface area contributed by atoms with Gasteiger partial charge in [0.2, 0.25) is 0 Å². The highest BCUT2D eigenvalue weighted by atomic mass is 16.5. The van der Waals surface area contributed by atoms with Crippen LogP contribution in [0.25, 0.3) is 4.85 Å². The lowest BCUT2D eigenvalue weighted by Crippen LogP contribution is -1.92. The fourth-order valence-electron chi connectivity index (χ4n) is 1.37. The van der Waals surface area contributed by atoms with E-state index in [1.807, 2.05) is 6.07 Å². The average molecular weight is 174 g/mol. The van der Waals surface area contributed by atoms with Crippen molar-refractivity contribution in [1.29, 1.82) is 0 Å². The molecule has 3 nitrogen and oxygen atoms in total. The second kappa shape index (κ2) is 3.06. The SMILES string of the molecule is [C-]#[N+]c1ccc(C2CC2)c(OC)n1. The molecule has 1 fully saturated rings. The van der Waals surface area contributed by atoms with Crippen LogP contribution in [0.3, 0.4) is 0 Å². The number of aromatic nitrogens is 1. The van der Waals surface area contributed by atoms with Gasteiger partial charge in [-0.15, -0.1) is 0 Å². The van der Waals surface area contributed by atoms with E-state index in [4.69, 9.17) is 11.3 Å². The van der Waals surface area contributed by atoms with Crippen LogP contribution < -0.4 is 4.74 Å². The van der Waals surface area contributed by atoms with Gasteiger partial charge in [-0.2, -0.15) is 0 Å². The lowest BCUT2D eigenvalue weighted by atomic mass is 10.2. The van der Waals surface area contributed by atoms with Crippen LogP contribution in [0, 0.1) is 6.57 Å². The third-order valence-electron chi connectivity index (χ3n) is 2.20. The Kier molecular flexibility index (Phi) is 1.90. The smallest absolute Gasteiger partial charge is 0.312 e. The zero-order valence-corrected chi connectivity index (χ0v) is 7.45. The number of rotatable bonds is 2. The topological polar surface area (TPSA) is 26.5 Å². The molecule has 0 radical (unpaired) electrons. The minimum atomic E-state index is 0.404. The van der Waals surface area contributed by atoms with Gasteiger partial charge in [0, 0.05) is 5.56 Å². The van der Waals surface area contributed by atoms with Gasteiger partial charge in [0.05, 0.1) is 7.11 Å². The Hall–Kier alpha value is -1.56. The van der Waals surface area contributed by atoms with Crippen molar-refractivity contribution in [2.45, 2.75) is 18.8 Å². The van der Waals surface area contributed by atoms with Gasteiger partial charge in [-0.05, 0) is 24.8 Å². The highest BCUT2D eigenvalue weighted by Crippen LogP contribution is 2.43. The Balaban J connectivity index is 2.40. The maximum atomic E-state index is 6.82. The van der Waals surface area contributed by atoms with Crippen molar-refractivity contribution < 1.29 is 4.74 Å². The van der Waals surface area contributed by atoms with Crippen LogP contribution in [0.1, 0.15) is 24.3 Å². The van der Waals surface area contributed by atoms with E-state index < -0.39 is 0 Å². The molecule has 1 aromatic rings. The van der Waals surface area contributed by atoms with Crippen molar-refractivity contribution in [2.75, 3.05) is 7.11 Å². The predicted octanol–water partition coefficient (Wildman–Crippen LogP) is 2.52. The Labute approximate surface area is 77.2 Å². The standard InChI is InChI=1S/C10H10N2O/c1-11-9-6-5-8(7-3-4-7)10(12-9)13-2/h5-7H,3-4H2,2H3. The Morgan fingerprint density at radius 3 is 2.85 bits per heavy atom. The van der Waals surface area contributed by atoms with E-state index in [0.717, 1.165) is 5.56 Å². The van der Waals surface area contributed by atoms with Crippen LogP contribution in [0.5, 0.6) is 5.88 Å². The summed E-state index contributed by atoms with van der Waals surface area (Å²) in [7, 11) is 1.60. The van der Waals surface area contributed by atoms with Gasteiger partial charge in [-0.1, -0.05) is 17.6 Å². The van der Waals surface area contributed by atoms with Crippen LogP contribution >= 0.6 is 0 Å². The third-order valence-corrected chi connectivity index (χ3v) is 2.20. The largest absolute Gasteiger partial charge is 0.464 e. The van der Waals surface area contributed by atoms with Crippen molar-refractivity contribution in [3.05, 3.63) is 29.1 Å². The first kappa shape index (κ1) is 8.06. The minimum absolute atomic E-state index is 0.404. The average Bonchev–Trinajstić information content (AvgIpc) is 3.00. The quantitative estimate of drug-likeness (QED) is 0.644. The van der Waals surface area contributed by atoms with Crippen LogP contribution in [0.2, 0.25) is 0 Å². The molecule has 0 saturated heterocycles. The maximum Gasteiger partial charge on any atom is 0.312 e. The van der Waals surface area contributed by atoms with E-state index in [2.05, 4.69) is 9.83 Å². The first-order valence-electron chi connectivity index (χ1n) is 4.27. The predicted molar refractivity (Wildman–Crippen MR) is 49.0 cm³/mol. The minimum Gasteiger partial charge on any atom is -0.464 e. The first-order chi connectivity index (χ1) is 6.35. The summed E-state index contributed by atoms with van der Waals surface area (Å²) in [5, 5.41) is 0. The summed E-state index contributed by atoms with van der Waals surface area (Å²) in [5.74, 6) is 1.64. The number of methoxy groups -OCH3 is 1.